The number of allylic oxidation sites excluding steroid dienone is 1. The lowest BCUT2D eigenvalue weighted by Gasteiger charge is -2.48. The van der Waals surface area contributed by atoms with E-state index in [1.54, 1.807) is 41.7 Å². The van der Waals surface area contributed by atoms with E-state index in [9.17, 15) is 24.9 Å². The van der Waals surface area contributed by atoms with E-state index in [0.29, 0.717) is 18.6 Å². The third-order valence-electron chi connectivity index (χ3n) is 11.5. The number of rotatable bonds is 7. The van der Waals surface area contributed by atoms with Crippen molar-refractivity contribution in [1.29, 1.82) is 0 Å². The van der Waals surface area contributed by atoms with Crippen LogP contribution in [0.4, 0.5) is 0 Å². The largest absolute Gasteiger partial charge is 0.488 e. The van der Waals surface area contributed by atoms with Gasteiger partial charge in [-0.3, -0.25) is 9.59 Å². The number of aliphatic hydroxyl groups is 3. The smallest absolute Gasteiger partial charge is 0.311 e. The first kappa shape index (κ1) is 40.1. The lowest BCUT2D eigenvalue weighted by atomic mass is 9.79. The predicted octanol–water partition coefficient (Wildman–Crippen LogP) is 2.76. The third kappa shape index (κ3) is 7.75. The standard InChI is InChI=1S/C36H61NO12/c1-13-24-36(10,42)29(39)19(4)27-17(2)15-35(9,49-27)31(48-33-26(38)23(37-11)14-18(3)44-33)20(5)28(21(6)32(41)46-24)47-25-16-34(8,43-12)30(40)22(7)45-25/h18-26,28,30-31,33,37-38,40,42H,13-16H2,1-12H3/t18-,19+,20+,21-,22+,23+,24?,25+,26-,28+,30+,31-,33+,34-,35-,36-/m1/s1. The SMILES string of the molecule is CCC1OC(=O)[C@H](C)[C@@H](O[C@H]2C[C@@](C)(OC)[C@@H](O)[C@H](C)O2)[C@H](C)[C@@H](O[C@@H]2O[C@H](C)C[C@H](NC)[C@H]2O)[C@@]2(C)CC(C)=C(O2)[C@H](C)C(=O)[C@]1(C)O. The minimum atomic E-state index is -2.01. The maximum absolute atomic E-state index is 14.0. The van der Waals surface area contributed by atoms with Crippen molar-refractivity contribution in [2.75, 3.05) is 14.2 Å². The summed E-state index contributed by atoms with van der Waals surface area (Å²) in [6, 6.07) is -0.298. The molecule has 4 aliphatic rings. The Morgan fingerprint density at radius 3 is 2.27 bits per heavy atom. The molecule has 0 aromatic heterocycles. The molecule has 0 aliphatic carbocycles. The second-order valence-corrected chi connectivity index (χ2v) is 15.5. The highest BCUT2D eigenvalue weighted by Crippen LogP contribution is 2.46. The van der Waals surface area contributed by atoms with Gasteiger partial charge in [0, 0.05) is 31.9 Å². The summed E-state index contributed by atoms with van der Waals surface area (Å²) in [6.07, 6.45) is -6.45. The van der Waals surface area contributed by atoms with Crippen LogP contribution in [0.25, 0.3) is 0 Å². The van der Waals surface area contributed by atoms with E-state index in [4.69, 9.17) is 33.2 Å². The fourth-order valence-electron chi connectivity index (χ4n) is 8.36. The van der Waals surface area contributed by atoms with Gasteiger partial charge in [-0.15, -0.1) is 0 Å². The molecule has 3 saturated heterocycles. The summed E-state index contributed by atoms with van der Waals surface area (Å²) in [7, 11) is 3.29. The molecule has 49 heavy (non-hydrogen) atoms. The number of esters is 1. The average molecular weight is 700 g/mol. The van der Waals surface area contributed by atoms with Crippen molar-refractivity contribution in [3.05, 3.63) is 11.3 Å². The predicted molar refractivity (Wildman–Crippen MR) is 178 cm³/mol. The highest BCUT2D eigenvalue weighted by molar-refractivity contribution is 5.91. The van der Waals surface area contributed by atoms with Crippen molar-refractivity contribution < 1.29 is 58.1 Å². The van der Waals surface area contributed by atoms with Crippen LogP contribution in [0.15, 0.2) is 11.3 Å². The summed E-state index contributed by atoms with van der Waals surface area (Å²) < 4.78 is 44.2. The minimum absolute atomic E-state index is 0.161. The Balaban J connectivity index is 1.84. The molecule has 4 aliphatic heterocycles. The van der Waals surface area contributed by atoms with Crippen LogP contribution in [0.5, 0.6) is 0 Å². The fraction of sp³-hybridized carbons (Fsp3) is 0.889. The molecule has 13 nitrogen and oxygen atoms in total. The third-order valence-corrected chi connectivity index (χ3v) is 11.5. The number of hydrogen-bond acceptors (Lipinski definition) is 13. The number of nitrogens with one attached hydrogen (secondary N) is 1. The van der Waals surface area contributed by atoms with Gasteiger partial charge in [-0.25, -0.2) is 0 Å². The van der Waals surface area contributed by atoms with Crippen molar-refractivity contribution in [2.45, 2.75) is 173 Å². The van der Waals surface area contributed by atoms with E-state index >= 15 is 0 Å². The summed E-state index contributed by atoms with van der Waals surface area (Å²) in [5.74, 6) is -3.24. The lowest BCUT2D eigenvalue weighted by molar-refractivity contribution is -0.314. The Morgan fingerprint density at radius 2 is 1.67 bits per heavy atom. The van der Waals surface area contributed by atoms with E-state index in [1.165, 1.54) is 14.0 Å². The average Bonchev–Trinajstić information content (AvgIpc) is 3.37. The zero-order chi connectivity index (χ0) is 36.8. The van der Waals surface area contributed by atoms with Crippen LogP contribution < -0.4 is 5.32 Å². The van der Waals surface area contributed by atoms with Crippen molar-refractivity contribution >= 4 is 11.8 Å². The molecule has 4 heterocycles. The summed E-state index contributed by atoms with van der Waals surface area (Å²) >= 11 is 0. The molecular formula is C36H61NO12. The van der Waals surface area contributed by atoms with E-state index in [0.717, 1.165) is 5.57 Å². The molecule has 0 amide bonds. The van der Waals surface area contributed by atoms with Crippen molar-refractivity contribution in [1.82, 2.24) is 5.32 Å². The van der Waals surface area contributed by atoms with Gasteiger partial charge in [0.15, 0.2) is 24.0 Å². The molecule has 0 spiro atoms. The van der Waals surface area contributed by atoms with E-state index < -0.39 is 95.5 Å². The number of methoxy groups -OCH3 is 1. The molecule has 2 bridgehead atoms. The van der Waals surface area contributed by atoms with Crippen molar-refractivity contribution in [3.8, 4) is 0 Å². The van der Waals surface area contributed by atoms with Crippen LogP contribution >= 0.6 is 0 Å². The first-order valence-electron chi connectivity index (χ1n) is 17.8. The molecule has 0 aromatic carbocycles. The molecule has 13 heteroatoms. The zero-order valence-electron chi connectivity index (χ0n) is 31.3. The Hall–Kier alpha value is -1.68. The van der Waals surface area contributed by atoms with Crippen LogP contribution in [0.2, 0.25) is 0 Å². The number of fused-ring (bicyclic) bond motifs is 2. The fourth-order valence-corrected chi connectivity index (χ4v) is 8.36. The van der Waals surface area contributed by atoms with Gasteiger partial charge in [-0.2, -0.15) is 0 Å². The van der Waals surface area contributed by atoms with Gasteiger partial charge in [0.05, 0.1) is 35.7 Å². The van der Waals surface area contributed by atoms with Crippen LogP contribution in [0.3, 0.4) is 0 Å². The molecule has 16 atom stereocenters. The molecular weight excluding hydrogens is 638 g/mol. The zero-order valence-corrected chi connectivity index (χ0v) is 31.3. The first-order chi connectivity index (χ1) is 22.7. The Labute approximate surface area is 291 Å². The van der Waals surface area contributed by atoms with Gasteiger partial charge in [0.1, 0.15) is 35.8 Å². The topological polar surface area (TPSA) is 171 Å². The number of Topliss-reactive ketones (excluding diaryl/α,β-unsaturated/α-hetero) is 1. The first-order valence-corrected chi connectivity index (χ1v) is 17.8. The number of cyclic esters (lactones) is 1. The number of ether oxygens (including phenoxy) is 7. The van der Waals surface area contributed by atoms with E-state index in [1.807, 2.05) is 27.7 Å². The highest BCUT2D eigenvalue weighted by Gasteiger charge is 2.56. The van der Waals surface area contributed by atoms with E-state index in [2.05, 4.69) is 5.32 Å². The summed E-state index contributed by atoms with van der Waals surface area (Å²) in [4.78, 5) is 28.0. The van der Waals surface area contributed by atoms with Gasteiger partial charge in [-0.1, -0.05) is 13.8 Å². The molecule has 3 fully saturated rings. The maximum atomic E-state index is 14.0. The second kappa shape index (κ2) is 15.1. The number of hydrogen-bond donors (Lipinski definition) is 4. The van der Waals surface area contributed by atoms with Gasteiger partial charge < -0.3 is 53.8 Å². The number of carbonyl (C=O) groups excluding carboxylic acids is 2. The number of ketones is 1. The van der Waals surface area contributed by atoms with Crippen LogP contribution in [0, 0.1) is 17.8 Å². The monoisotopic (exact) mass is 699 g/mol. The number of aliphatic hydroxyl groups excluding tert-OH is 2. The van der Waals surface area contributed by atoms with Crippen LogP contribution in [-0.2, 0) is 42.7 Å². The van der Waals surface area contributed by atoms with Gasteiger partial charge >= 0.3 is 5.97 Å². The molecule has 0 aromatic rings. The maximum Gasteiger partial charge on any atom is 0.311 e. The van der Waals surface area contributed by atoms with Crippen molar-refractivity contribution in [3.63, 3.8) is 0 Å². The Bertz CT molecular complexity index is 1230. The van der Waals surface area contributed by atoms with Crippen molar-refractivity contribution in [2.24, 2.45) is 17.8 Å². The minimum Gasteiger partial charge on any atom is -0.488 e. The highest BCUT2D eigenvalue weighted by atomic mass is 16.7. The summed E-state index contributed by atoms with van der Waals surface area (Å²) in [6.45, 7) is 17.5. The molecule has 282 valence electrons. The van der Waals surface area contributed by atoms with Gasteiger partial charge in [0.2, 0.25) is 0 Å². The van der Waals surface area contributed by atoms with Gasteiger partial charge in [0.25, 0.3) is 0 Å². The quantitative estimate of drug-likeness (QED) is 0.286. The summed E-state index contributed by atoms with van der Waals surface area (Å²) in [5, 5.41) is 37.0. The second-order valence-electron chi connectivity index (χ2n) is 15.5. The number of likely N-dealkylation sites (N-methyl/N-ethyl adjacent to an activating group) is 1. The molecule has 0 radical (unpaired) electrons. The molecule has 4 N–H and O–H groups in total. The molecule has 0 saturated carbocycles. The Kier molecular flexibility index (Phi) is 12.4. The van der Waals surface area contributed by atoms with E-state index in [-0.39, 0.29) is 25.0 Å². The molecule has 1 unspecified atom stereocenters. The molecule has 4 rings (SSSR count). The Morgan fingerprint density at radius 1 is 1.02 bits per heavy atom. The summed E-state index contributed by atoms with van der Waals surface area (Å²) in [5.41, 5.74) is -3.30. The van der Waals surface area contributed by atoms with Crippen LogP contribution in [-0.4, -0.2) is 119 Å². The lowest BCUT2D eigenvalue weighted by Crippen LogP contribution is -2.60. The van der Waals surface area contributed by atoms with Gasteiger partial charge in [-0.05, 0) is 80.9 Å². The van der Waals surface area contributed by atoms with Crippen LogP contribution in [0.1, 0.15) is 94.9 Å². The number of carbonyl (C=O) groups is 2. The normalized spacial score (nSPS) is 48.7.